The fourth-order valence-corrected chi connectivity index (χ4v) is 5.46. The van der Waals surface area contributed by atoms with E-state index in [1.807, 2.05) is 6.92 Å². The summed E-state index contributed by atoms with van der Waals surface area (Å²) in [5.41, 5.74) is 6.05. The van der Waals surface area contributed by atoms with Crippen LogP contribution in [0.4, 0.5) is 4.79 Å². The van der Waals surface area contributed by atoms with Crippen LogP contribution < -0.4 is 16.0 Å². The highest BCUT2D eigenvalue weighted by molar-refractivity contribution is 7.89. The van der Waals surface area contributed by atoms with Gasteiger partial charge in [0.1, 0.15) is 5.52 Å². The van der Waals surface area contributed by atoms with Crippen LogP contribution >= 0.6 is 12.4 Å². The van der Waals surface area contributed by atoms with Crippen LogP contribution in [0.3, 0.4) is 0 Å². The maximum Gasteiger partial charge on any atom is 0.513 e. The number of sulfonamides is 1. The van der Waals surface area contributed by atoms with E-state index in [0.717, 1.165) is 12.8 Å². The molecule has 0 amide bonds. The van der Waals surface area contributed by atoms with Crippen LogP contribution in [0.1, 0.15) is 33.1 Å². The number of ether oxygens (including phenoxy) is 2. The predicted molar refractivity (Wildman–Crippen MR) is 127 cm³/mol. The maximum atomic E-state index is 13.4. The molecule has 3 aromatic rings. The van der Waals surface area contributed by atoms with E-state index >= 15 is 0 Å². The Morgan fingerprint density at radius 3 is 2.70 bits per heavy atom. The number of nitrogens with zero attached hydrogens (tertiary/aromatic N) is 1. The van der Waals surface area contributed by atoms with Crippen molar-refractivity contribution < 1.29 is 22.7 Å². The highest BCUT2D eigenvalue weighted by Crippen LogP contribution is 2.35. The number of hydrogen-bond acceptors (Lipinski definition) is 7. The van der Waals surface area contributed by atoms with Gasteiger partial charge in [-0.15, -0.1) is 12.4 Å². The summed E-state index contributed by atoms with van der Waals surface area (Å²) < 4.78 is 38.5. The molecule has 0 unspecified atom stereocenters. The molecule has 0 bridgehead atoms. The Hall–Kier alpha value is -2.60. The van der Waals surface area contributed by atoms with Gasteiger partial charge in [0, 0.05) is 35.7 Å². The van der Waals surface area contributed by atoms with E-state index in [1.165, 1.54) is 28.7 Å². The zero-order valence-corrected chi connectivity index (χ0v) is 19.9. The minimum Gasteiger partial charge on any atom is -0.434 e. The summed E-state index contributed by atoms with van der Waals surface area (Å²) >= 11 is 0. The van der Waals surface area contributed by atoms with Crippen molar-refractivity contribution in [1.82, 2.24) is 14.3 Å². The molecule has 1 atom stereocenters. The van der Waals surface area contributed by atoms with Crippen molar-refractivity contribution in [1.29, 1.82) is 0 Å². The largest absolute Gasteiger partial charge is 0.513 e. The molecule has 33 heavy (non-hydrogen) atoms. The first-order chi connectivity index (χ1) is 15.2. The number of nitrogens with one attached hydrogen (secondary N) is 2. The van der Waals surface area contributed by atoms with E-state index in [-0.39, 0.29) is 53.8 Å². The normalized spacial score (nSPS) is 14.9. The number of nitrogens with two attached hydrogens (primary N) is 1. The van der Waals surface area contributed by atoms with E-state index in [2.05, 4.69) is 9.97 Å². The van der Waals surface area contributed by atoms with Gasteiger partial charge in [0.25, 0.3) is 5.56 Å². The van der Waals surface area contributed by atoms with Gasteiger partial charge in [0.05, 0.1) is 16.9 Å². The molecular formula is C21H27ClN4O6S. The molecule has 0 aliphatic heterocycles. The van der Waals surface area contributed by atoms with Crippen LogP contribution in [-0.2, 0) is 14.8 Å². The summed E-state index contributed by atoms with van der Waals surface area (Å²) in [5, 5.41) is 0.733. The molecule has 4 rings (SSSR count). The number of rotatable bonds is 8. The number of H-pyrrole nitrogens is 2. The van der Waals surface area contributed by atoms with Gasteiger partial charge in [-0.05, 0) is 44.4 Å². The van der Waals surface area contributed by atoms with Gasteiger partial charge < -0.3 is 25.2 Å². The van der Waals surface area contributed by atoms with Gasteiger partial charge >= 0.3 is 6.16 Å². The number of carbonyl (C=O) groups is 1. The van der Waals surface area contributed by atoms with E-state index in [1.54, 1.807) is 6.92 Å². The van der Waals surface area contributed by atoms with Crippen LogP contribution in [0.25, 0.3) is 21.8 Å². The summed E-state index contributed by atoms with van der Waals surface area (Å²) in [7, 11) is -3.82. The Balaban J connectivity index is 0.00000306. The van der Waals surface area contributed by atoms with Crippen molar-refractivity contribution in [3.05, 3.63) is 34.7 Å². The monoisotopic (exact) mass is 498 g/mol. The molecule has 2 aromatic heterocycles. The first-order valence-electron chi connectivity index (χ1n) is 10.5. The molecule has 4 N–H and O–H groups in total. The number of carbonyl (C=O) groups excluding carboxylic acids is 1. The van der Waals surface area contributed by atoms with Crippen LogP contribution in [0.2, 0.25) is 0 Å². The average molecular weight is 499 g/mol. The van der Waals surface area contributed by atoms with Gasteiger partial charge in [-0.25, -0.2) is 13.2 Å². The van der Waals surface area contributed by atoms with Crippen molar-refractivity contribution in [2.24, 2.45) is 5.73 Å². The van der Waals surface area contributed by atoms with Gasteiger partial charge in [-0.1, -0.05) is 6.92 Å². The molecule has 1 aliphatic rings. The van der Waals surface area contributed by atoms with E-state index in [0.29, 0.717) is 22.7 Å². The number of pyridine rings is 1. The standard InChI is InChI=1S/C21H26N4O6S.ClH/c1-3-8-30-21(27)31-17-10-23-19-18(17)15-9-14(6-7-16(15)24-20(19)26)32(28,29)25(11-12(2)22)13-4-5-13;/h6-7,9-10,12-13,23H,3-5,8,11,22H2,1-2H3,(H,24,26);1H/t12-;/m0./s1. The molecule has 0 saturated heterocycles. The number of halogens is 1. The van der Waals surface area contributed by atoms with Gasteiger partial charge in [-0.2, -0.15) is 4.31 Å². The molecule has 1 aliphatic carbocycles. The predicted octanol–water partition coefficient (Wildman–Crippen LogP) is 2.86. The quantitative estimate of drug-likeness (QED) is 0.404. The summed E-state index contributed by atoms with van der Waals surface area (Å²) in [4.78, 5) is 30.0. The van der Waals surface area contributed by atoms with Crippen molar-refractivity contribution >= 4 is 50.4 Å². The number of aromatic nitrogens is 2. The molecule has 1 saturated carbocycles. The SMILES string of the molecule is CCCOC(=O)Oc1c[nH]c2c(=O)[nH]c3ccc(S(=O)(=O)N(C[C@H](C)N)C4CC4)cc3c12.Cl. The Morgan fingerprint density at radius 2 is 2.06 bits per heavy atom. The minimum atomic E-state index is -3.82. The number of hydrogen-bond donors (Lipinski definition) is 3. The lowest BCUT2D eigenvalue weighted by atomic mass is 10.1. The zero-order valence-electron chi connectivity index (χ0n) is 18.3. The minimum absolute atomic E-state index is 0. The van der Waals surface area contributed by atoms with Gasteiger partial charge in [0.15, 0.2) is 5.75 Å². The fourth-order valence-electron chi connectivity index (χ4n) is 3.65. The lowest BCUT2D eigenvalue weighted by Crippen LogP contribution is -2.41. The number of benzene rings is 1. The molecular weight excluding hydrogens is 472 g/mol. The van der Waals surface area contributed by atoms with Crippen LogP contribution in [0.5, 0.6) is 5.75 Å². The zero-order chi connectivity index (χ0) is 23.0. The molecule has 180 valence electrons. The van der Waals surface area contributed by atoms with E-state index in [9.17, 15) is 18.0 Å². The van der Waals surface area contributed by atoms with Gasteiger partial charge in [-0.3, -0.25) is 4.79 Å². The highest BCUT2D eigenvalue weighted by atomic mass is 35.5. The lowest BCUT2D eigenvalue weighted by Gasteiger charge is -2.23. The Bertz CT molecular complexity index is 1330. The summed E-state index contributed by atoms with van der Waals surface area (Å²) in [5.74, 6) is 0.0846. The van der Waals surface area contributed by atoms with Crippen molar-refractivity contribution in [3.63, 3.8) is 0 Å². The molecule has 0 radical (unpaired) electrons. The molecule has 1 aromatic carbocycles. The second-order valence-corrected chi connectivity index (χ2v) is 9.94. The highest BCUT2D eigenvalue weighted by Gasteiger charge is 2.38. The second kappa shape index (κ2) is 9.72. The first kappa shape index (κ1) is 25.0. The third-order valence-electron chi connectivity index (χ3n) is 5.23. The molecule has 2 heterocycles. The van der Waals surface area contributed by atoms with Crippen LogP contribution in [0.15, 0.2) is 34.1 Å². The number of aromatic amines is 2. The molecule has 1 fully saturated rings. The Kier molecular flexibility index (Phi) is 7.37. The summed E-state index contributed by atoms with van der Waals surface area (Å²) in [6.45, 7) is 4.03. The second-order valence-electron chi connectivity index (χ2n) is 8.05. The third kappa shape index (κ3) is 5.01. The molecule has 0 spiro atoms. The lowest BCUT2D eigenvalue weighted by molar-refractivity contribution is 0.0997. The summed E-state index contributed by atoms with van der Waals surface area (Å²) in [6, 6.07) is 4.10. The smallest absolute Gasteiger partial charge is 0.434 e. The van der Waals surface area contributed by atoms with E-state index < -0.39 is 21.7 Å². The Labute approximate surface area is 196 Å². The summed E-state index contributed by atoms with van der Waals surface area (Å²) in [6.07, 6.45) is 2.70. The van der Waals surface area contributed by atoms with Crippen LogP contribution in [0, 0.1) is 0 Å². The fraction of sp³-hybridized carbons (Fsp3) is 0.429. The van der Waals surface area contributed by atoms with Crippen LogP contribution in [-0.4, -0.2) is 54.1 Å². The average Bonchev–Trinajstić information content (AvgIpc) is 3.50. The van der Waals surface area contributed by atoms with Crippen molar-refractivity contribution in [2.45, 2.75) is 50.1 Å². The molecule has 12 heteroatoms. The van der Waals surface area contributed by atoms with E-state index in [4.69, 9.17) is 15.2 Å². The maximum absolute atomic E-state index is 13.4. The van der Waals surface area contributed by atoms with Crippen molar-refractivity contribution in [2.75, 3.05) is 13.2 Å². The topological polar surface area (TPSA) is 148 Å². The number of fused-ring (bicyclic) bond motifs is 3. The molecule has 10 nitrogen and oxygen atoms in total. The van der Waals surface area contributed by atoms with Crippen molar-refractivity contribution in [3.8, 4) is 5.75 Å². The van der Waals surface area contributed by atoms with Gasteiger partial charge in [0.2, 0.25) is 10.0 Å². The third-order valence-corrected chi connectivity index (χ3v) is 7.14. The first-order valence-corrected chi connectivity index (χ1v) is 12.0. The Morgan fingerprint density at radius 1 is 1.33 bits per heavy atom.